The summed E-state index contributed by atoms with van der Waals surface area (Å²) in [7, 11) is 0. The average Bonchev–Trinajstić information content (AvgIpc) is 2.93. The molecular formula is C16H23NO2. The summed E-state index contributed by atoms with van der Waals surface area (Å²) >= 11 is 0. The zero-order valence-electron chi connectivity index (χ0n) is 11.8. The lowest BCUT2D eigenvalue weighted by Crippen LogP contribution is -2.23. The van der Waals surface area contributed by atoms with E-state index in [1.165, 1.54) is 5.69 Å². The molecule has 3 heteroatoms. The topological polar surface area (TPSA) is 29.5 Å². The minimum Gasteiger partial charge on any atom is -0.465 e. The van der Waals surface area contributed by atoms with Crippen molar-refractivity contribution >= 4 is 11.7 Å². The molecule has 0 aliphatic carbocycles. The highest BCUT2D eigenvalue weighted by Gasteiger charge is 2.24. The van der Waals surface area contributed by atoms with Gasteiger partial charge >= 0.3 is 5.97 Å². The van der Waals surface area contributed by atoms with Crippen molar-refractivity contribution in [1.82, 2.24) is 0 Å². The Hall–Kier alpha value is -1.51. The summed E-state index contributed by atoms with van der Waals surface area (Å²) < 4.78 is 5.40. The maximum atomic E-state index is 11.6. The first kappa shape index (κ1) is 13.9. The van der Waals surface area contributed by atoms with Crippen molar-refractivity contribution in [3.8, 4) is 0 Å². The summed E-state index contributed by atoms with van der Waals surface area (Å²) in [6.07, 6.45) is 1.95. The van der Waals surface area contributed by atoms with Crippen molar-refractivity contribution in [3.63, 3.8) is 0 Å². The fourth-order valence-corrected chi connectivity index (χ4v) is 2.35. The number of rotatable bonds is 5. The molecule has 2 atom stereocenters. The van der Waals surface area contributed by atoms with Crippen LogP contribution in [0.5, 0.6) is 0 Å². The van der Waals surface area contributed by atoms with Crippen molar-refractivity contribution < 1.29 is 9.53 Å². The van der Waals surface area contributed by atoms with Gasteiger partial charge in [-0.15, -0.1) is 0 Å². The second-order valence-electron chi connectivity index (χ2n) is 5.38. The van der Waals surface area contributed by atoms with Crippen molar-refractivity contribution in [1.29, 1.82) is 0 Å². The fourth-order valence-electron chi connectivity index (χ4n) is 2.35. The molecule has 2 rings (SSSR count). The lowest BCUT2D eigenvalue weighted by atomic mass is 10.1. The Morgan fingerprint density at radius 3 is 2.84 bits per heavy atom. The van der Waals surface area contributed by atoms with Crippen LogP contribution in [0.3, 0.4) is 0 Å². The molecule has 3 nitrogen and oxygen atoms in total. The van der Waals surface area contributed by atoms with E-state index in [2.05, 4.69) is 29.2 Å². The minimum atomic E-state index is -0.0549. The van der Waals surface area contributed by atoms with E-state index in [0.717, 1.165) is 25.9 Å². The van der Waals surface area contributed by atoms with Gasteiger partial charge in [0.15, 0.2) is 0 Å². The van der Waals surface area contributed by atoms with Gasteiger partial charge in [-0.25, -0.2) is 0 Å². The van der Waals surface area contributed by atoms with Crippen LogP contribution in [-0.4, -0.2) is 25.7 Å². The normalized spacial score (nSPS) is 20.3. The first-order valence-corrected chi connectivity index (χ1v) is 7.17. The maximum Gasteiger partial charge on any atom is 0.308 e. The minimum absolute atomic E-state index is 0.0200. The fraction of sp³-hybridized carbons (Fsp3) is 0.562. The molecule has 104 valence electrons. The summed E-state index contributed by atoms with van der Waals surface area (Å²) in [5.41, 5.74) is 1.26. The maximum absolute atomic E-state index is 11.6. The standard InChI is InChI=1S/C16H23NO2/c1-3-13(2)16(18)19-12-14-9-10-17(11-14)15-7-5-4-6-8-15/h4-8,13-14H,3,9-12H2,1-2H3. The highest BCUT2D eigenvalue weighted by molar-refractivity contribution is 5.71. The number of carbonyl (C=O) groups excluding carboxylic acids is 1. The van der Waals surface area contributed by atoms with Gasteiger partial charge in [0, 0.05) is 24.7 Å². The Kier molecular flexibility index (Phi) is 4.83. The molecule has 1 aromatic carbocycles. The molecule has 19 heavy (non-hydrogen) atoms. The van der Waals surface area contributed by atoms with Gasteiger partial charge < -0.3 is 9.64 Å². The summed E-state index contributed by atoms with van der Waals surface area (Å²) in [5, 5.41) is 0. The van der Waals surface area contributed by atoms with Crippen LogP contribution in [0.25, 0.3) is 0 Å². The van der Waals surface area contributed by atoms with Gasteiger partial charge in [-0.2, -0.15) is 0 Å². The molecule has 1 heterocycles. The number of hydrogen-bond acceptors (Lipinski definition) is 3. The average molecular weight is 261 g/mol. The van der Waals surface area contributed by atoms with Gasteiger partial charge in [0.05, 0.1) is 12.5 Å². The smallest absolute Gasteiger partial charge is 0.308 e. The van der Waals surface area contributed by atoms with Crippen LogP contribution in [0.15, 0.2) is 30.3 Å². The summed E-state index contributed by atoms with van der Waals surface area (Å²) in [4.78, 5) is 14.0. The van der Waals surface area contributed by atoms with Crippen LogP contribution < -0.4 is 4.90 Å². The third kappa shape index (κ3) is 3.72. The number of nitrogens with zero attached hydrogens (tertiary/aromatic N) is 1. The highest BCUT2D eigenvalue weighted by Crippen LogP contribution is 2.23. The number of para-hydroxylation sites is 1. The van der Waals surface area contributed by atoms with Crippen LogP contribution in [0, 0.1) is 11.8 Å². The van der Waals surface area contributed by atoms with E-state index in [-0.39, 0.29) is 11.9 Å². The molecule has 1 aliphatic heterocycles. The number of esters is 1. The van der Waals surface area contributed by atoms with E-state index in [4.69, 9.17) is 4.74 Å². The van der Waals surface area contributed by atoms with Crippen molar-refractivity contribution in [2.24, 2.45) is 11.8 Å². The second kappa shape index (κ2) is 6.60. The van der Waals surface area contributed by atoms with E-state index in [1.54, 1.807) is 0 Å². The van der Waals surface area contributed by atoms with E-state index >= 15 is 0 Å². The molecule has 1 aliphatic rings. The largest absolute Gasteiger partial charge is 0.465 e. The van der Waals surface area contributed by atoms with Gasteiger partial charge in [-0.05, 0) is 25.0 Å². The predicted octanol–water partition coefficient (Wildman–Crippen LogP) is 3.10. The molecule has 0 saturated carbocycles. The van der Waals surface area contributed by atoms with E-state index in [9.17, 15) is 4.79 Å². The number of benzene rings is 1. The monoisotopic (exact) mass is 261 g/mol. The first-order valence-electron chi connectivity index (χ1n) is 7.17. The third-order valence-corrected chi connectivity index (χ3v) is 3.88. The van der Waals surface area contributed by atoms with Gasteiger partial charge in [0.1, 0.15) is 0 Å². The van der Waals surface area contributed by atoms with Crippen LogP contribution in [-0.2, 0) is 9.53 Å². The first-order chi connectivity index (χ1) is 9.20. The zero-order valence-corrected chi connectivity index (χ0v) is 11.8. The van der Waals surface area contributed by atoms with Crippen LogP contribution >= 0.6 is 0 Å². The quantitative estimate of drug-likeness (QED) is 0.763. The van der Waals surface area contributed by atoms with Gasteiger partial charge in [-0.1, -0.05) is 32.0 Å². The summed E-state index contributed by atoms with van der Waals surface area (Å²) in [6.45, 7) is 6.53. The van der Waals surface area contributed by atoms with Crippen molar-refractivity contribution in [3.05, 3.63) is 30.3 Å². The summed E-state index contributed by atoms with van der Waals surface area (Å²) in [5.74, 6) is 0.431. The van der Waals surface area contributed by atoms with Crippen molar-refractivity contribution in [2.75, 3.05) is 24.6 Å². The number of anilines is 1. The van der Waals surface area contributed by atoms with Gasteiger partial charge in [-0.3, -0.25) is 4.79 Å². The van der Waals surface area contributed by atoms with Crippen LogP contribution in [0.4, 0.5) is 5.69 Å². The van der Waals surface area contributed by atoms with Gasteiger partial charge in [0.2, 0.25) is 0 Å². The Balaban J connectivity index is 1.78. The molecule has 1 saturated heterocycles. The van der Waals surface area contributed by atoms with Crippen LogP contribution in [0.2, 0.25) is 0 Å². The molecule has 1 aromatic rings. The van der Waals surface area contributed by atoms with E-state index < -0.39 is 0 Å². The van der Waals surface area contributed by atoms with Crippen LogP contribution in [0.1, 0.15) is 26.7 Å². The van der Waals surface area contributed by atoms with E-state index in [0.29, 0.717) is 12.5 Å². The lowest BCUT2D eigenvalue weighted by molar-refractivity contribution is -0.149. The number of hydrogen-bond donors (Lipinski definition) is 0. The molecule has 0 bridgehead atoms. The molecule has 0 spiro atoms. The summed E-state index contributed by atoms with van der Waals surface area (Å²) in [6, 6.07) is 10.4. The molecule has 0 radical (unpaired) electrons. The molecule has 0 N–H and O–H groups in total. The van der Waals surface area contributed by atoms with Crippen molar-refractivity contribution in [2.45, 2.75) is 26.7 Å². The molecular weight excluding hydrogens is 238 g/mol. The molecule has 2 unspecified atom stereocenters. The van der Waals surface area contributed by atoms with E-state index in [1.807, 2.05) is 19.9 Å². The molecule has 0 amide bonds. The third-order valence-electron chi connectivity index (χ3n) is 3.88. The predicted molar refractivity (Wildman–Crippen MR) is 77.2 cm³/mol. The Morgan fingerprint density at radius 1 is 1.42 bits per heavy atom. The lowest BCUT2D eigenvalue weighted by Gasteiger charge is -2.18. The van der Waals surface area contributed by atoms with Gasteiger partial charge in [0.25, 0.3) is 0 Å². The second-order valence-corrected chi connectivity index (χ2v) is 5.38. The number of carbonyl (C=O) groups is 1. The Bertz CT molecular complexity index is 404. The highest BCUT2D eigenvalue weighted by atomic mass is 16.5. The Morgan fingerprint density at radius 2 is 2.16 bits per heavy atom. The molecule has 1 fully saturated rings. The SMILES string of the molecule is CCC(C)C(=O)OCC1CCN(c2ccccc2)C1. The number of ether oxygens (including phenoxy) is 1. The molecule has 0 aromatic heterocycles. The Labute approximate surface area is 115 Å². The zero-order chi connectivity index (χ0) is 13.7.